The highest BCUT2D eigenvalue weighted by molar-refractivity contribution is 5.81. The molecule has 14 heavy (non-hydrogen) atoms. The number of carbonyl (C=O) groups is 1. The molecule has 0 spiro atoms. The van der Waals surface area contributed by atoms with Gasteiger partial charge < -0.3 is 9.64 Å². The summed E-state index contributed by atoms with van der Waals surface area (Å²) in [5.74, 6) is 1.68. The van der Waals surface area contributed by atoms with Crippen LogP contribution in [0.15, 0.2) is 18.3 Å². The highest BCUT2D eigenvalue weighted by Crippen LogP contribution is 2.27. The molecule has 1 aromatic heterocycles. The van der Waals surface area contributed by atoms with Crippen molar-refractivity contribution in [3.8, 4) is 5.75 Å². The van der Waals surface area contributed by atoms with Gasteiger partial charge in [0.1, 0.15) is 12.4 Å². The van der Waals surface area contributed by atoms with E-state index in [1.54, 1.807) is 13.1 Å². The second-order valence-corrected chi connectivity index (χ2v) is 3.30. The van der Waals surface area contributed by atoms with Crippen molar-refractivity contribution >= 4 is 11.6 Å². The van der Waals surface area contributed by atoms with Gasteiger partial charge in [-0.1, -0.05) is 0 Å². The molecule has 0 saturated heterocycles. The van der Waals surface area contributed by atoms with Gasteiger partial charge in [-0.3, -0.25) is 4.79 Å². The zero-order valence-corrected chi connectivity index (χ0v) is 8.06. The molecule has 0 saturated carbocycles. The second-order valence-electron chi connectivity index (χ2n) is 3.30. The van der Waals surface area contributed by atoms with Crippen LogP contribution >= 0.6 is 0 Å². The van der Waals surface area contributed by atoms with Gasteiger partial charge in [0.05, 0.1) is 13.1 Å². The Morgan fingerprint density at radius 1 is 1.71 bits per heavy atom. The number of hydrogen-bond donors (Lipinski definition) is 0. The van der Waals surface area contributed by atoms with Gasteiger partial charge in [0.25, 0.3) is 0 Å². The first-order valence-corrected chi connectivity index (χ1v) is 4.59. The maximum Gasteiger partial charge on any atom is 0.171 e. The van der Waals surface area contributed by atoms with Gasteiger partial charge in [-0.25, -0.2) is 4.98 Å². The van der Waals surface area contributed by atoms with E-state index in [4.69, 9.17) is 4.74 Å². The molecule has 1 aliphatic rings. The molecule has 0 radical (unpaired) electrons. The van der Waals surface area contributed by atoms with Crippen molar-refractivity contribution in [2.24, 2.45) is 0 Å². The quantitative estimate of drug-likeness (QED) is 0.697. The first-order chi connectivity index (χ1) is 6.77. The Bertz CT molecular complexity index is 352. The van der Waals surface area contributed by atoms with Gasteiger partial charge in [-0.2, -0.15) is 0 Å². The van der Waals surface area contributed by atoms with Gasteiger partial charge in [-0.05, 0) is 19.1 Å². The standard InChI is InChI=1S/C10H12N2O2/c1-8(13)7-12-5-6-14-9-3-2-4-11-10(9)12/h2-4H,5-7H2,1H3. The summed E-state index contributed by atoms with van der Waals surface area (Å²) in [6.45, 7) is 3.33. The molecule has 2 heterocycles. The lowest BCUT2D eigenvalue weighted by Crippen LogP contribution is -2.36. The minimum atomic E-state index is 0.142. The molecule has 0 atom stereocenters. The first-order valence-electron chi connectivity index (χ1n) is 4.59. The third-order valence-electron chi connectivity index (χ3n) is 2.08. The summed E-state index contributed by atoms with van der Waals surface area (Å²) in [6.07, 6.45) is 1.71. The number of ketones is 1. The van der Waals surface area contributed by atoms with Crippen LogP contribution in [0.2, 0.25) is 0 Å². The van der Waals surface area contributed by atoms with Crippen LogP contribution in [-0.2, 0) is 4.79 Å². The van der Waals surface area contributed by atoms with Crippen molar-refractivity contribution in [1.82, 2.24) is 4.98 Å². The molecule has 0 aliphatic carbocycles. The Morgan fingerprint density at radius 3 is 3.36 bits per heavy atom. The second kappa shape index (κ2) is 3.65. The number of hydrogen-bond acceptors (Lipinski definition) is 4. The zero-order chi connectivity index (χ0) is 9.97. The summed E-state index contributed by atoms with van der Waals surface area (Å²) in [5.41, 5.74) is 0. The summed E-state index contributed by atoms with van der Waals surface area (Å²) in [4.78, 5) is 17.2. The number of Topliss-reactive ketones (excluding diaryl/α,β-unsaturated/α-hetero) is 1. The normalized spacial score (nSPS) is 14.5. The van der Waals surface area contributed by atoms with E-state index in [1.165, 1.54) is 0 Å². The molecule has 1 aromatic rings. The van der Waals surface area contributed by atoms with Gasteiger partial charge in [0.15, 0.2) is 11.6 Å². The molecule has 0 bridgehead atoms. The number of ether oxygens (including phenoxy) is 1. The van der Waals surface area contributed by atoms with Crippen LogP contribution in [0, 0.1) is 0 Å². The maximum absolute atomic E-state index is 11.0. The predicted octanol–water partition coefficient (Wildman–Crippen LogP) is 0.869. The van der Waals surface area contributed by atoms with Crippen LogP contribution < -0.4 is 9.64 Å². The Labute approximate surface area is 82.5 Å². The van der Waals surface area contributed by atoms with Crippen LogP contribution in [0.3, 0.4) is 0 Å². The maximum atomic E-state index is 11.0. The van der Waals surface area contributed by atoms with Crippen molar-refractivity contribution in [3.05, 3.63) is 18.3 Å². The molecule has 0 unspecified atom stereocenters. The molecule has 4 heteroatoms. The number of nitrogens with zero attached hydrogens (tertiary/aromatic N) is 2. The van der Waals surface area contributed by atoms with Crippen LogP contribution in [-0.4, -0.2) is 30.5 Å². The molecule has 2 rings (SSSR count). The zero-order valence-electron chi connectivity index (χ0n) is 8.06. The summed E-state index contributed by atoms with van der Waals surface area (Å²) in [7, 11) is 0. The van der Waals surface area contributed by atoms with Gasteiger partial charge in [-0.15, -0.1) is 0 Å². The monoisotopic (exact) mass is 192 g/mol. The number of aromatic nitrogens is 1. The number of pyridine rings is 1. The van der Waals surface area contributed by atoms with E-state index in [1.807, 2.05) is 17.0 Å². The Hall–Kier alpha value is -1.58. The predicted molar refractivity (Wildman–Crippen MR) is 52.6 cm³/mol. The van der Waals surface area contributed by atoms with E-state index in [-0.39, 0.29) is 5.78 Å². The molecule has 74 valence electrons. The first kappa shape index (κ1) is 8.99. The third-order valence-corrected chi connectivity index (χ3v) is 2.08. The van der Waals surface area contributed by atoms with Crippen LogP contribution in [0.25, 0.3) is 0 Å². The fourth-order valence-corrected chi connectivity index (χ4v) is 1.53. The lowest BCUT2D eigenvalue weighted by atomic mass is 10.3. The van der Waals surface area contributed by atoms with Crippen molar-refractivity contribution in [1.29, 1.82) is 0 Å². The molecule has 0 fully saturated rings. The number of rotatable bonds is 2. The molecule has 1 aliphatic heterocycles. The SMILES string of the molecule is CC(=O)CN1CCOc2cccnc21. The minimum Gasteiger partial charge on any atom is -0.488 e. The van der Waals surface area contributed by atoms with E-state index in [9.17, 15) is 4.79 Å². The Kier molecular flexibility index (Phi) is 2.35. The molecule has 4 nitrogen and oxygen atoms in total. The van der Waals surface area contributed by atoms with E-state index in [0.717, 1.165) is 18.1 Å². The summed E-state index contributed by atoms with van der Waals surface area (Å²) in [6, 6.07) is 3.70. The third kappa shape index (κ3) is 1.69. The van der Waals surface area contributed by atoms with Crippen molar-refractivity contribution in [2.75, 3.05) is 24.6 Å². The number of fused-ring (bicyclic) bond motifs is 1. The van der Waals surface area contributed by atoms with Crippen LogP contribution in [0.4, 0.5) is 5.82 Å². The van der Waals surface area contributed by atoms with Crippen LogP contribution in [0.1, 0.15) is 6.92 Å². The van der Waals surface area contributed by atoms with Crippen LogP contribution in [0.5, 0.6) is 5.75 Å². The number of anilines is 1. The topological polar surface area (TPSA) is 42.4 Å². The Morgan fingerprint density at radius 2 is 2.57 bits per heavy atom. The lowest BCUT2D eigenvalue weighted by Gasteiger charge is -2.28. The summed E-state index contributed by atoms with van der Waals surface area (Å²) < 4.78 is 5.42. The van der Waals surface area contributed by atoms with Gasteiger partial charge in [0.2, 0.25) is 0 Å². The highest BCUT2D eigenvalue weighted by atomic mass is 16.5. The van der Waals surface area contributed by atoms with E-state index >= 15 is 0 Å². The molecule has 0 N–H and O–H groups in total. The van der Waals surface area contributed by atoms with Crippen molar-refractivity contribution in [3.63, 3.8) is 0 Å². The number of carbonyl (C=O) groups excluding carboxylic acids is 1. The fourth-order valence-electron chi connectivity index (χ4n) is 1.53. The van der Waals surface area contributed by atoms with Gasteiger partial charge in [0, 0.05) is 6.20 Å². The largest absolute Gasteiger partial charge is 0.488 e. The van der Waals surface area contributed by atoms with Gasteiger partial charge >= 0.3 is 0 Å². The average molecular weight is 192 g/mol. The fraction of sp³-hybridized carbons (Fsp3) is 0.400. The van der Waals surface area contributed by atoms with Crippen molar-refractivity contribution in [2.45, 2.75) is 6.92 Å². The average Bonchev–Trinajstić information content (AvgIpc) is 2.18. The molecule has 0 aromatic carbocycles. The minimum absolute atomic E-state index is 0.142. The molecular weight excluding hydrogens is 180 g/mol. The molecular formula is C10H12N2O2. The summed E-state index contributed by atoms with van der Waals surface area (Å²) in [5, 5.41) is 0. The highest BCUT2D eigenvalue weighted by Gasteiger charge is 2.19. The smallest absolute Gasteiger partial charge is 0.171 e. The van der Waals surface area contributed by atoms with E-state index in [2.05, 4.69) is 4.98 Å². The Balaban J connectivity index is 2.26. The molecule has 0 amide bonds. The van der Waals surface area contributed by atoms with Crippen molar-refractivity contribution < 1.29 is 9.53 Å². The summed E-state index contributed by atoms with van der Waals surface area (Å²) >= 11 is 0. The van der Waals surface area contributed by atoms with E-state index in [0.29, 0.717) is 13.2 Å². The van der Waals surface area contributed by atoms with E-state index < -0.39 is 0 Å². The lowest BCUT2D eigenvalue weighted by molar-refractivity contribution is -0.115.